The molecule has 1 aliphatic carbocycles. The van der Waals surface area contributed by atoms with E-state index in [1.165, 1.54) is 25.7 Å². The van der Waals surface area contributed by atoms with Crippen molar-refractivity contribution >= 4 is 5.69 Å². The first kappa shape index (κ1) is 15.3. The predicted molar refractivity (Wildman–Crippen MR) is 83.7 cm³/mol. The van der Waals surface area contributed by atoms with Gasteiger partial charge in [-0.05, 0) is 56.5 Å². The third-order valence-corrected chi connectivity index (χ3v) is 4.73. The van der Waals surface area contributed by atoms with Crippen molar-refractivity contribution in [1.82, 2.24) is 5.32 Å². The molecule has 2 nitrogen and oxygen atoms in total. The Balaban J connectivity index is 2.26. The summed E-state index contributed by atoms with van der Waals surface area (Å²) in [7, 11) is 4.07. The molecule has 0 aliphatic heterocycles. The van der Waals surface area contributed by atoms with Crippen molar-refractivity contribution in [3.05, 3.63) is 29.6 Å². The molecule has 1 aromatic carbocycles. The van der Waals surface area contributed by atoms with Crippen molar-refractivity contribution in [2.24, 2.45) is 5.92 Å². The molecule has 2 rings (SSSR count). The van der Waals surface area contributed by atoms with E-state index in [4.69, 9.17) is 0 Å². The van der Waals surface area contributed by atoms with Gasteiger partial charge in [0.2, 0.25) is 0 Å². The van der Waals surface area contributed by atoms with Gasteiger partial charge in [0.1, 0.15) is 5.82 Å². The summed E-state index contributed by atoms with van der Waals surface area (Å²) < 4.78 is 13.6. The van der Waals surface area contributed by atoms with Gasteiger partial charge in [-0.25, -0.2) is 4.39 Å². The average Bonchev–Trinajstić information content (AvgIpc) is 2.45. The number of hydrogen-bond acceptors (Lipinski definition) is 2. The molecule has 1 N–H and O–H groups in total. The molecular formula is C17H27FN2. The molecule has 0 saturated heterocycles. The van der Waals surface area contributed by atoms with Crippen LogP contribution in [0, 0.1) is 11.7 Å². The van der Waals surface area contributed by atoms with Crippen LogP contribution in [0.25, 0.3) is 0 Å². The second-order valence-electron chi connectivity index (χ2n) is 6.25. The van der Waals surface area contributed by atoms with Crippen molar-refractivity contribution < 1.29 is 4.39 Å². The fourth-order valence-corrected chi connectivity index (χ4v) is 3.30. The summed E-state index contributed by atoms with van der Waals surface area (Å²) in [4.78, 5) is 2.36. The van der Waals surface area contributed by atoms with E-state index in [2.05, 4.69) is 31.1 Å². The van der Waals surface area contributed by atoms with Crippen LogP contribution in [0.5, 0.6) is 0 Å². The summed E-state index contributed by atoms with van der Waals surface area (Å²) in [6.45, 7) is 4.41. The van der Waals surface area contributed by atoms with Gasteiger partial charge in [-0.1, -0.05) is 19.8 Å². The molecule has 0 amide bonds. The molecular weight excluding hydrogens is 251 g/mol. The monoisotopic (exact) mass is 278 g/mol. The lowest BCUT2D eigenvalue weighted by atomic mass is 9.86. The molecule has 1 fully saturated rings. The first-order valence-corrected chi connectivity index (χ1v) is 7.72. The summed E-state index contributed by atoms with van der Waals surface area (Å²) in [6, 6.07) is 5.90. The van der Waals surface area contributed by atoms with Crippen LogP contribution < -0.4 is 10.2 Å². The number of benzene rings is 1. The summed E-state index contributed by atoms with van der Waals surface area (Å²) in [5, 5.41) is 3.22. The highest BCUT2D eigenvalue weighted by Gasteiger charge is 2.24. The standard InChI is InChI=1S/C17H27FN2/c1-12-6-5-7-15(10-12)20(4)17-9-8-14(18)11-16(17)13(2)19-3/h8-9,11-13,15,19H,5-7,10H2,1-4H3. The third kappa shape index (κ3) is 3.32. The largest absolute Gasteiger partial charge is 0.371 e. The molecule has 3 unspecified atom stereocenters. The average molecular weight is 278 g/mol. The van der Waals surface area contributed by atoms with Crippen LogP contribution in [0.15, 0.2) is 18.2 Å². The van der Waals surface area contributed by atoms with E-state index in [0.29, 0.717) is 6.04 Å². The van der Waals surface area contributed by atoms with Crippen molar-refractivity contribution in [2.45, 2.75) is 51.6 Å². The number of halogens is 1. The van der Waals surface area contributed by atoms with E-state index in [1.54, 1.807) is 12.1 Å². The van der Waals surface area contributed by atoms with Gasteiger partial charge in [0.15, 0.2) is 0 Å². The lowest BCUT2D eigenvalue weighted by molar-refractivity contribution is 0.336. The number of nitrogens with zero attached hydrogens (tertiary/aromatic N) is 1. The van der Waals surface area contributed by atoms with Crippen LogP contribution in [-0.2, 0) is 0 Å². The Kier molecular flexibility index (Phi) is 5.03. The van der Waals surface area contributed by atoms with E-state index in [9.17, 15) is 4.39 Å². The molecule has 0 radical (unpaired) electrons. The molecule has 112 valence electrons. The zero-order valence-electron chi connectivity index (χ0n) is 13.1. The topological polar surface area (TPSA) is 15.3 Å². The van der Waals surface area contributed by atoms with Crippen LogP contribution in [0.1, 0.15) is 51.1 Å². The second kappa shape index (κ2) is 6.57. The molecule has 0 bridgehead atoms. The number of anilines is 1. The fourth-order valence-electron chi connectivity index (χ4n) is 3.30. The Morgan fingerprint density at radius 2 is 2.10 bits per heavy atom. The van der Waals surface area contributed by atoms with E-state index >= 15 is 0 Å². The summed E-state index contributed by atoms with van der Waals surface area (Å²) >= 11 is 0. The Morgan fingerprint density at radius 3 is 2.75 bits per heavy atom. The highest BCUT2D eigenvalue weighted by atomic mass is 19.1. The summed E-state index contributed by atoms with van der Waals surface area (Å²) in [5.41, 5.74) is 2.21. The van der Waals surface area contributed by atoms with Gasteiger partial charge < -0.3 is 10.2 Å². The van der Waals surface area contributed by atoms with Crippen LogP contribution >= 0.6 is 0 Å². The first-order valence-electron chi connectivity index (χ1n) is 7.72. The quantitative estimate of drug-likeness (QED) is 0.891. The maximum atomic E-state index is 13.6. The fraction of sp³-hybridized carbons (Fsp3) is 0.647. The molecule has 1 aliphatic rings. The minimum atomic E-state index is -0.156. The molecule has 20 heavy (non-hydrogen) atoms. The van der Waals surface area contributed by atoms with E-state index in [1.807, 2.05) is 13.1 Å². The maximum absolute atomic E-state index is 13.6. The highest BCUT2D eigenvalue weighted by Crippen LogP contribution is 2.33. The molecule has 3 atom stereocenters. The summed E-state index contributed by atoms with van der Waals surface area (Å²) in [5.74, 6) is 0.637. The van der Waals surface area contributed by atoms with Crippen molar-refractivity contribution in [3.8, 4) is 0 Å². The van der Waals surface area contributed by atoms with Crippen LogP contribution in [0.2, 0.25) is 0 Å². The molecule has 0 spiro atoms. The number of nitrogens with one attached hydrogen (secondary N) is 1. The molecule has 1 aromatic rings. The van der Waals surface area contributed by atoms with Gasteiger partial charge >= 0.3 is 0 Å². The van der Waals surface area contributed by atoms with E-state index in [-0.39, 0.29) is 11.9 Å². The van der Waals surface area contributed by atoms with Gasteiger partial charge in [-0.15, -0.1) is 0 Å². The van der Waals surface area contributed by atoms with E-state index < -0.39 is 0 Å². The summed E-state index contributed by atoms with van der Waals surface area (Å²) in [6.07, 6.45) is 5.12. The molecule has 3 heteroatoms. The maximum Gasteiger partial charge on any atom is 0.123 e. The predicted octanol–water partition coefficient (Wildman–Crippen LogP) is 4.12. The van der Waals surface area contributed by atoms with Crippen LogP contribution in [0.4, 0.5) is 10.1 Å². The van der Waals surface area contributed by atoms with Crippen molar-refractivity contribution in [3.63, 3.8) is 0 Å². The van der Waals surface area contributed by atoms with Crippen molar-refractivity contribution in [1.29, 1.82) is 0 Å². The first-order chi connectivity index (χ1) is 9.52. The Hall–Kier alpha value is -1.09. The van der Waals surface area contributed by atoms with Crippen molar-refractivity contribution in [2.75, 3.05) is 19.0 Å². The van der Waals surface area contributed by atoms with Crippen LogP contribution in [-0.4, -0.2) is 20.1 Å². The van der Waals surface area contributed by atoms with Gasteiger partial charge in [0.25, 0.3) is 0 Å². The smallest absolute Gasteiger partial charge is 0.123 e. The SMILES string of the molecule is CNC(C)c1cc(F)ccc1N(C)C1CCCC(C)C1. The highest BCUT2D eigenvalue weighted by molar-refractivity contribution is 5.55. The Labute approximate surface area is 122 Å². The Bertz CT molecular complexity index is 447. The van der Waals surface area contributed by atoms with Gasteiger partial charge in [0, 0.05) is 24.8 Å². The molecule has 1 saturated carbocycles. The molecule has 0 heterocycles. The Morgan fingerprint density at radius 1 is 1.35 bits per heavy atom. The van der Waals surface area contributed by atoms with Crippen LogP contribution in [0.3, 0.4) is 0 Å². The van der Waals surface area contributed by atoms with Gasteiger partial charge in [-0.3, -0.25) is 0 Å². The third-order valence-electron chi connectivity index (χ3n) is 4.73. The zero-order chi connectivity index (χ0) is 14.7. The number of hydrogen-bond donors (Lipinski definition) is 1. The second-order valence-corrected chi connectivity index (χ2v) is 6.25. The minimum absolute atomic E-state index is 0.156. The molecule has 0 aromatic heterocycles. The zero-order valence-corrected chi connectivity index (χ0v) is 13.1. The van der Waals surface area contributed by atoms with Gasteiger partial charge in [0.05, 0.1) is 0 Å². The number of rotatable bonds is 4. The lowest BCUT2D eigenvalue weighted by Gasteiger charge is -2.37. The minimum Gasteiger partial charge on any atom is -0.371 e. The van der Waals surface area contributed by atoms with Gasteiger partial charge in [-0.2, -0.15) is 0 Å². The lowest BCUT2D eigenvalue weighted by Crippen LogP contribution is -2.36. The van der Waals surface area contributed by atoms with E-state index in [0.717, 1.165) is 17.2 Å². The normalized spacial score (nSPS) is 24.4.